The highest BCUT2D eigenvalue weighted by molar-refractivity contribution is 6.11. The fourth-order valence-corrected chi connectivity index (χ4v) is 8.79. The number of rotatable bonds is 23. The van der Waals surface area contributed by atoms with Crippen molar-refractivity contribution in [3.8, 4) is 33.8 Å². The van der Waals surface area contributed by atoms with Gasteiger partial charge < -0.3 is 43.3 Å². The van der Waals surface area contributed by atoms with E-state index >= 15 is 0 Å². The third-order valence-corrected chi connectivity index (χ3v) is 13.4. The van der Waals surface area contributed by atoms with E-state index in [2.05, 4.69) is 16.7 Å². The van der Waals surface area contributed by atoms with Crippen LogP contribution in [0, 0.1) is 0 Å². The summed E-state index contributed by atoms with van der Waals surface area (Å²) in [4.78, 5) is 81.2. The predicted octanol–water partition coefficient (Wildman–Crippen LogP) is 6.67. The van der Waals surface area contributed by atoms with Crippen LogP contribution in [0.25, 0.3) is 22.3 Å². The van der Waals surface area contributed by atoms with Gasteiger partial charge >= 0.3 is 5.97 Å². The number of ketones is 3. The van der Waals surface area contributed by atoms with Gasteiger partial charge in [-0.15, -0.1) is 0 Å². The summed E-state index contributed by atoms with van der Waals surface area (Å²) < 4.78 is 32.3. The highest BCUT2D eigenvalue weighted by Crippen LogP contribution is 2.26. The van der Waals surface area contributed by atoms with Crippen LogP contribution < -0.4 is 9.47 Å². The maximum absolute atomic E-state index is 12.9. The van der Waals surface area contributed by atoms with Gasteiger partial charge in [0.25, 0.3) is 11.8 Å². The van der Waals surface area contributed by atoms with Crippen molar-refractivity contribution in [2.24, 2.45) is 0 Å². The maximum Gasteiger partial charge on any atom is 0.336 e. The number of methoxy groups -OCH3 is 1. The van der Waals surface area contributed by atoms with Crippen LogP contribution in [0.4, 0.5) is 0 Å². The summed E-state index contributed by atoms with van der Waals surface area (Å²) in [7, 11) is 4.04. The lowest BCUT2D eigenvalue weighted by Crippen LogP contribution is -2.48. The average Bonchev–Trinajstić information content (AvgIpc) is 3.96. The minimum absolute atomic E-state index is 0.0978. The molecular weight excluding hydrogens is 973 g/mol. The molecule has 7 rings (SSSR count). The largest absolute Gasteiger partial charge is 0.494 e. The molecule has 3 saturated heterocycles. The van der Waals surface area contributed by atoms with E-state index in [1.54, 1.807) is 38.1 Å². The highest BCUT2D eigenvalue weighted by Gasteiger charge is 2.34. The first-order chi connectivity index (χ1) is 36.8. The second-order valence-electron chi connectivity index (χ2n) is 18.8. The first-order valence-electron chi connectivity index (χ1n) is 26.5. The van der Waals surface area contributed by atoms with Crippen molar-refractivity contribution in [1.29, 1.82) is 0 Å². The monoisotopic (exact) mass is 1050 g/mol. The molecule has 0 saturated carbocycles. The van der Waals surface area contributed by atoms with E-state index in [1.807, 2.05) is 72.8 Å². The number of ether oxygens (including phenoxy) is 6. The fraction of sp³-hybridized carbons (Fsp3) is 0.492. The van der Waals surface area contributed by atoms with Crippen molar-refractivity contribution in [2.45, 2.75) is 77.5 Å². The third kappa shape index (κ3) is 18.7. The summed E-state index contributed by atoms with van der Waals surface area (Å²) in [6.07, 6.45) is 5.23. The van der Waals surface area contributed by atoms with Gasteiger partial charge in [0, 0.05) is 83.9 Å². The van der Waals surface area contributed by atoms with Crippen LogP contribution >= 0.6 is 0 Å². The SMILES string of the molecule is CC1CCCO1.CCC(=O)C(C(=O)CO)N(C)C(=O)c1ccc(-c2ccc(OCCCN3CCOCC3)cc2)cc1.CCC(=O)C(C(=O)OC)N(C)C(=O)c1ccc(-c2ccc(OCCCN3CCOCC3)cc2)cc1. The topological polar surface area (TPSA) is 191 Å². The van der Waals surface area contributed by atoms with Gasteiger partial charge in [-0.1, -0.05) is 62.4 Å². The molecule has 3 heterocycles. The molecule has 17 heteroatoms. The predicted molar refractivity (Wildman–Crippen MR) is 290 cm³/mol. The summed E-state index contributed by atoms with van der Waals surface area (Å²) in [6, 6.07) is 27.1. The average molecular weight is 1050 g/mol. The van der Waals surface area contributed by atoms with E-state index in [9.17, 15) is 33.9 Å². The van der Waals surface area contributed by atoms with Crippen molar-refractivity contribution in [1.82, 2.24) is 19.6 Å². The number of Topliss-reactive ketones (excluding diaryl/α,β-unsaturated/α-hetero) is 3. The van der Waals surface area contributed by atoms with E-state index in [0.717, 1.165) is 129 Å². The molecule has 0 aromatic heterocycles. The first-order valence-corrected chi connectivity index (χ1v) is 26.5. The Hall–Kier alpha value is -6.34. The van der Waals surface area contributed by atoms with E-state index in [0.29, 0.717) is 30.4 Å². The van der Waals surface area contributed by atoms with Crippen molar-refractivity contribution < 1.29 is 62.3 Å². The van der Waals surface area contributed by atoms with Gasteiger partial charge in [0.2, 0.25) is 0 Å². The van der Waals surface area contributed by atoms with Crippen LogP contribution in [0.1, 0.15) is 80.0 Å². The zero-order valence-electron chi connectivity index (χ0n) is 45.2. The van der Waals surface area contributed by atoms with Gasteiger partial charge in [-0.05, 0) is 103 Å². The Labute approximate surface area is 448 Å². The number of aliphatic hydroxyl groups is 1. The molecule has 3 unspecified atom stereocenters. The van der Waals surface area contributed by atoms with Crippen LogP contribution in [0.5, 0.6) is 11.5 Å². The maximum atomic E-state index is 12.9. The number of nitrogens with zero attached hydrogens (tertiary/aromatic N) is 4. The van der Waals surface area contributed by atoms with Crippen LogP contribution in [0.2, 0.25) is 0 Å². The number of morpholine rings is 2. The van der Waals surface area contributed by atoms with Gasteiger partial charge in [-0.3, -0.25) is 33.8 Å². The van der Waals surface area contributed by atoms with E-state index in [-0.39, 0.29) is 18.6 Å². The molecular formula is C59H78N4O13. The van der Waals surface area contributed by atoms with Gasteiger partial charge in [-0.25, -0.2) is 4.79 Å². The molecule has 3 aliphatic heterocycles. The Morgan fingerprint density at radius 1 is 0.579 bits per heavy atom. The van der Waals surface area contributed by atoms with Crippen LogP contribution in [0.15, 0.2) is 97.1 Å². The Balaban J connectivity index is 0.000000252. The summed E-state index contributed by atoms with van der Waals surface area (Å²) in [6.45, 7) is 16.1. The minimum atomic E-state index is -1.28. The zero-order chi connectivity index (χ0) is 54.8. The molecule has 2 amide bonds. The molecule has 17 nitrogen and oxygen atoms in total. The smallest absolute Gasteiger partial charge is 0.336 e. The van der Waals surface area contributed by atoms with Gasteiger partial charge in [0.05, 0.1) is 52.9 Å². The quantitative estimate of drug-likeness (QED) is 0.0471. The molecule has 3 aliphatic rings. The van der Waals surface area contributed by atoms with Crippen LogP contribution in [-0.2, 0) is 38.1 Å². The Kier molecular flexibility index (Phi) is 25.7. The van der Waals surface area contributed by atoms with Crippen LogP contribution in [0.3, 0.4) is 0 Å². The van der Waals surface area contributed by atoms with E-state index in [4.69, 9.17) is 28.4 Å². The standard InChI is InChI=1S/2C27H34N2O6.C5H10O/c1-4-24(30)25(27(32)33-3)28(2)26(31)22-8-6-20(7-9-22)21-10-12-23(13-11-21)35-17-5-14-29-15-18-34-19-16-29;1-3-24(31)26(25(32)19-30)28(2)27(33)22-7-5-20(6-8-22)21-9-11-23(12-10-21)35-16-4-13-29-14-17-34-18-15-29;1-5-3-2-4-6-5/h6-13,25H,4-5,14-19H2,1-3H3;5-12,26,30H,3-4,13-19H2,1-2H3;5H,2-4H2,1H3. The number of hydrogen-bond donors (Lipinski definition) is 1. The molecule has 3 fully saturated rings. The van der Waals surface area contributed by atoms with Crippen molar-refractivity contribution >= 4 is 35.1 Å². The number of carbonyl (C=O) groups is 6. The Morgan fingerprint density at radius 2 is 0.961 bits per heavy atom. The molecule has 76 heavy (non-hydrogen) atoms. The lowest BCUT2D eigenvalue weighted by Gasteiger charge is -2.26. The third-order valence-electron chi connectivity index (χ3n) is 13.4. The molecule has 4 aromatic rings. The summed E-state index contributed by atoms with van der Waals surface area (Å²) >= 11 is 0. The number of carbonyl (C=O) groups excluding carboxylic acids is 6. The first kappa shape index (κ1) is 60.5. The van der Waals surface area contributed by atoms with E-state index in [1.165, 1.54) is 34.0 Å². The fourth-order valence-electron chi connectivity index (χ4n) is 8.79. The lowest BCUT2D eigenvalue weighted by molar-refractivity contribution is -0.149. The number of esters is 1. The number of amides is 2. The number of benzene rings is 4. The molecule has 0 radical (unpaired) electrons. The normalized spacial score (nSPS) is 16.3. The highest BCUT2D eigenvalue weighted by atomic mass is 16.5. The van der Waals surface area contributed by atoms with Crippen molar-refractivity contribution in [3.05, 3.63) is 108 Å². The van der Waals surface area contributed by atoms with Crippen molar-refractivity contribution in [3.63, 3.8) is 0 Å². The molecule has 0 bridgehead atoms. The summed E-state index contributed by atoms with van der Waals surface area (Å²) in [5.41, 5.74) is 4.58. The van der Waals surface area contributed by atoms with Crippen LogP contribution in [-0.4, -0.2) is 191 Å². The van der Waals surface area contributed by atoms with Crippen molar-refractivity contribution in [2.75, 3.05) is 113 Å². The van der Waals surface area contributed by atoms with E-state index < -0.39 is 48.0 Å². The van der Waals surface area contributed by atoms with Gasteiger partial charge in [0.15, 0.2) is 29.4 Å². The van der Waals surface area contributed by atoms with Gasteiger partial charge in [0.1, 0.15) is 18.1 Å². The van der Waals surface area contributed by atoms with Gasteiger partial charge in [-0.2, -0.15) is 0 Å². The molecule has 3 atom stereocenters. The molecule has 0 spiro atoms. The molecule has 0 aliphatic carbocycles. The minimum Gasteiger partial charge on any atom is -0.494 e. The second kappa shape index (κ2) is 32.3. The number of aliphatic hydroxyl groups excluding tert-OH is 1. The zero-order valence-corrected chi connectivity index (χ0v) is 45.2. The molecule has 4 aromatic carbocycles. The lowest BCUT2D eigenvalue weighted by atomic mass is 10.0. The summed E-state index contributed by atoms with van der Waals surface area (Å²) in [5.74, 6) is -1.45. The molecule has 412 valence electrons. The summed E-state index contributed by atoms with van der Waals surface area (Å²) in [5, 5.41) is 9.19. The molecule has 1 N–H and O–H groups in total. The Morgan fingerprint density at radius 3 is 1.29 bits per heavy atom. The Bertz CT molecular complexity index is 2220. The number of likely N-dealkylation sites (N-methyl/N-ethyl adjacent to an activating group) is 2. The second-order valence-corrected chi connectivity index (χ2v) is 18.8. The number of hydrogen-bond acceptors (Lipinski definition) is 15.